The molecule has 0 unspecified atom stereocenters. The number of carboxylic acid groups (broad SMARTS) is 1. The number of benzene rings is 3. The first-order valence-electron chi connectivity index (χ1n) is 26.5. The lowest BCUT2D eigenvalue weighted by Gasteiger charge is -2.39. The van der Waals surface area contributed by atoms with Crippen molar-refractivity contribution in [3.05, 3.63) is 120 Å². The molecule has 23 heteroatoms. The van der Waals surface area contributed by atoms with Crippen LogP contribution in [-0.2, 0) is 24.2 Å². The van der Waals surface area contributed by atoms with Crippen molar-refractivity contribution in [2.24, 2.45) is 5.92 Å². The van der Waals surface area contributed by atoms with Gasteiger partial charge in [0.25, 0.3) is 5.91 Å². The lowest BCUT2D eigenvalue weighted by atomic mass is 9.98. The third kappa shape index (κ3) is 11.8. The number of hydrogen-bond donors (Lipinski definition) is 5. The van der Waals surface area contributed by atoms with Gasteiger partial charge in [0.15, 0.2) is 15.7 Å². The number of fused-ring (bicyclic) bond motifs is 2. The average Bonchev–Trinajstić information content (AvgIpc) is 4.21. The number of nitrogens with zero attached hydrogens (tertiary/aromatic N) is 9. The number of carbonyl (C=O) groups excluding carboxylic acids is 4. The van der Waals surface area contributed by atoms with E-state index >= 15 is 0 Å². The molecule has 22 nitrogen and oxygen atoms in total. The Morgan fingerprint density at radius 3 is 2.16 bits per heavy atom. The monoisotopic (exact) mass is 1100 g/mol. The van der Waals surface area contributed by atoms with Gasteiger partial charge in [-0.1, -0.05) is 60.7 Å². The number of piperidine rings is 1. The van der Waals surface area contributed by atoms with E-state index < -0.39 is 68.6 Å². The molecule has 6 heterocycles. The molecule has 3 fully saturated rings. The molecule has 3 aromatic carbocycles. The van der Waals surface area contributed by atoms with E-state index in [-0.39, 0.29) is 47.9 Å². The van der Waals surface area contributed by atoms with Crippen molar-refractivity contribution in [2.75, 3.05) is 50.1 Å². The highest BCUT2D eigenvalue weighted by atomic mass is 32.2. The number of nitrogens with one attached hydrogen (secondary N) is 4. The summed E-state index contributed by atoms with van der Waals surface area (Å²) in [5, 5.41) is 26.6. The number of amides is 5. The number of carbonyl (C=O) groups is 5. The fraction of sp³-hybridized carbons (Fsp3) is 0.429. The highest BCUT2D eigenvalue weighted by Crippen LogP contribution is 2.38. The van der Waals surface area contributed by atoms with E-state index in [0.29, 0.717) is 73.6 Å². The van der Waals surface area contributed by atoms with E-state index in [1.54, 1.807) is 32.9 Å². The predicted octanol–water partition coefficient (Wildman–Crippen LogP) is 5.97. The largest absolute Gasteiger partial charge is 0.492 e. The van der Waals surface area contributed by atoms with Crippen LogP contribution in [0, 0.1) is 19.8 Å². The molecular formula is C56H67N13O9S. The van der Waals surface area contributed by atoms with E-state index in [0.717, 1.165) is 27.3 Å². The number of H-pyrrole nitrogens is 1. The van der Waals surface area contributed by atoms with Gasteiger partial charge in [-0.3, -0.25) is 29.2 Å². The lowest BCUT2D eigenvalue weighted by Crippen LogP contribution is -2.62. The zero-order chi connectivity index (χ0) is 56.3. The van der Waals surface area contributed by atoms with E-state index in [2.05, 4.69) is 51.0 Å². The second-order valence-corrected chi connectivity index (χ2v) is 24.2. The van der Waals surface area contributed by atoms with Crippen LogP contribution in [0.1, 0.15) is 98.7 Å². The maximum Gasteiger partial charge on any atom is 0.407 e. The Morgan fingerprint density at radius 1 is 0.873 bits per heavy atom. The first-order chi connectivity index (χ1) is 37.7. The van der Waals surface area contributed by atoms with Gasteiger partial charge < -0.3 is 40.5 Å². The van der Waals surface area contributed by atoms with Crippen LogP contribution in [0.2, 0.25) is 0 Å². The Bertz CT molecular complexity index is 3290. The molecule has 416 valence electrons. The number of anilines is 3. The molecule has 0 radical (unpaired) electrons. The highest BCUT2D eigenvalue weighted by Gasteiger charge is 2.46. The van der Waals surface area contributed by atoms with Crippen LogP contribution in [0.3, 0.4) is 0 Å². The molecule has 0 aliphatic carbocycles. The molecule has 5 N–H and O–H groups in total. The average molecular weight is 1100 g/mol. The van der Waals surface area contributed by atoms with Crippen molar-refractivity contribution >= 4 is 67.9 Å². The molecule has 5 amide bonds. The second-order valence-electron chi connectivity index (χ2n) is 21.5. The molecule has 79 heavy (non-hydrogen) atoms. The van der Waals surface area contributed by atoms with Gasteiger partial charge in [0, 0.05) is 55.4 Å². The summed E-state index contributed by atoms with van der Waals surface area (Å²) in [6.45, 7) is 11.4. The van der Waals surface area contributed by atoms with Crippen molar-refractivity contribution in [3.8, 4) is 5.75 Å². The molecule has 4 atom stereocenters. The highest BCUT2D eigenvalue weighted by molar-refractivity contribution is 7.92. The van der Waals surface area contributed by atoms with E-state index in [9.17, 15) is 37.5 Å². The number of hydrogen-bond acceptors (Lipinski definition) is 15. The maximum atomic E-state index is 14.8. The minimum absolute atomic E-state index is 0.0217. The summed E-state index contributed by atoms with van der Waals surface area (Å²) in [5.74, 6) is -0.406. The Labute approximate surface area is 458 Å². The molecule has 6 aromatic rings. The van der Waals surface area contributed by atoms with Gasteiger partial charge in [-0.2, -0.15) is 5.10 Å². The fourth-order valence-electron chi connectivity index (χ4n) is 10.3. The summed E-state index contributed by atoms with van der Waals surface area (Å²) >= 11 is 0. The van der Waals surface area contributed by atoms with Gasteiger partial charge in [-0.25, -0.2) is 33.1 Å². The van der Waals surface area contributed by atoms with Crippen LogP contribution in [-0.4, -0.2) is 157 Å². The molecule has 9 rings (SSSR count). The van der Waals surface area contributed by atoms with Crippen molar-refractivity contribution < 1.29 is 42.2 Å². The minimum Gasteiger partial charge on any atom is -0.492 e. The fourth-order valence-corrected chi connectivity index (χ4v) is 11.6. The third-order valence-electron chi connectivity index (χ3n) is 15.5. The zero-order valence-electron chi connectivity index (χ0n) is 45.3. The number of rotatable bonds is 15. The topological polar surface area (TPSA) is 278 Å². The number of aromatic nitrogens is 6. The van der Waals surface area contributed by atoms with Gasteiger partial charge >= 0.3 is 6.09 Å². The standard InChI is InChI=1S/C56H67N13O9S/c1-33-34(2)64-65-49(33)63-50-40-26-46(79(76,77)56(4,5)6)45(27-41(40)59-32-60-50)78-31-36-20-23-67(24-21-36)47-29-57-42(28-58-47)53(72)68-25-22-39-18-19-44(69(39)54(73)43(30-68)61-51(70)35(3)66(7)55(74)75)52(71)62-48(37-14-10-8-11-15-37)38-16-12-9-13-17-38/h8-17,26-29,32,35-36,39,43-44,48H,18-25,30-31H2,1-7H3,(H,61,70)(H,62,71)(H,74,75)(H2,59,60,63,64,65)/t35-,39+,43-,44-/m0/s1. The summed E-state index contributed by atoms with van der Waals surface area (Å²) in [5.41, 5.74) is 4.02. The van der Waals surface area contributed by atoms with Crippen LogP contribution < -0.4 is 25.6 Å². The Kier molecular flexibility index (Phi) is 16.2. The summed E-state index contributed by atoms with van der Waals surface area (Å²) in [6, 6.07) is 17.9. The Morgan fingerprint density at radius 2 is 1.56 bits per heavy atom. The van der Waals surface area contributed by atoms with Crippen LogP contribution in [0.4, 0.5) is 22.2 Å². The number of likely N-dealkylation sites (N-methyl/N-ethyl adjacent to an activating group) is 1. The zero-order valence-corrected chi connectivity index (χ0v) is 46.2. The second kappa shape index (κ2) is 23.0. The first kappa shape index (κ1) is 55.5. The van der Waals surface area contributed by atoms with E-state index in [4.69, 9.17) is 4.74 Å². The van der Waals surface area contributed by atoms with Gasteiger partial charge in [-0.15, -0.1) is 0 Å². The third-order valence-corrected chi connectivity index (χ3v) is 18.0. The lowest BCUT2D eigenvalue weighted by molar-refractivity contribution is -0.145. The van der Waals surface area contributed by atoms with Gasteiger partial charge in [-0.05, 0) is 96.8 Å². The van der Waals surface area contributed by atoms with Crippen LogP contribution >= 0.6 is 0 Å². The Balaban J connectivity index is 0.871. The molecule has 3 aliphatic rings. The van der Waals surface area contributed by atoms with Crippen molar-refractivity contribution in [1.82, 2.24) is 55.5 Å². The quantitative estimate of drug-likeness (QED) is 0.0793. The van der Waals surface area contributed by atoms with E-state index in [1.165, 1.54) is 42.5 Å². The Hall–Kier alpha value is -8.21. The molecule has 3 aliphatic heterocycles. The van der Waals surface area contributed by atoms with Crippen LogP contribution in [0.25, 0.3) is 10.9 Å². The van der Waals surface area contributed by atoms with Gasteiger partial charge in [0.05, 0.1) is 41.9 Å². The summed E-state index contributed by atoms with van der Waals surface area (Å²) in [7, 11) is -2.66. The number of aromatic amines is 1. The van der Waals surface area contributed by atoms with Crippen molar-refractivity contribution in [3.63, 3.8) is 0 Å². The number of aryl methyl sites for hydroxylation is 1. The molecular weight excluding hydrogens is 1030 g/mol. The van der Waals surface area contributed by atoms with E-state index in [1.807, 2.05) is 74.5 Å². The number of ether oxygens (including phenoxy) is 1. The van der Waals surface area contributed by atoms with Gasteiger partial charge in [0.2, 0.25) is 17.7 Å². The van der Waals surface area contributed by atoms with Crippen LogP contribution in [0.5, 0.6) is 5.75 Å². The summed E-state index contributed by atoms with van der Waals surface area (Å²) in [4.78, 5) is 93.1. The van der Waals surface area contributed by atoms with Crippen LogP contribution in [0.15, 0.2) is 96.4 Å². The van der Waals surface area contributed by atoms with Gasteiger partial charge in [0.1, 0.15) is 52.4 Å². The summed E-state index contributed by atoms with van der Waals surface area (Å²) < 4.78 is 33.5. The molecule has 3 saturated heterocycles. The van der Waals surface area contributed by atoms with Crippen molar-refractivity contribution in [1.29, 1.82) is 0 Å². The minimum atomic E-state index is -3.90. The molecule has 0 spiro atoms. The predicted molar refractivity (Wildman–Crippen MR) is 295 cm³/mol. The SMILES string of the molecule is Cc1[nH]nc(Nc2ncnc3cc(OCC4CCN(c5cnc(C(=O)N6CC[C@H]7CC[C@@H](C(=O)NC(c8ccccc8)c8ccccc8)N7C(=O)[C@@H](NC(=O)[C@H](C)N(C)C(=O)O)C6)cn5)CC4)c(S(=O)(=O)C(C)(C)C)cc23)c1C. The molecule has 0 bridgehead atoms. The summed E-state index contributed by atoms with van der Waals surface area (Å²) in [6.07, 6.45) is 5.51. The molecule has 0 saturated carbocycles. The maximum absolute atomic E-state index is 14.8. The first-order valence-corrected chi connectivity index (χ1v) is 28.0. The normalized spacial score (nSPS) is 18.6. The number of sulfone groups is 1. The van der Waals surface area contributed by atoms with Crippen molar-refractivity contribution in [2.45, 2.75) is 113 Å². The smallest absolute Gasteiger partial charge is 0.407 e. The molecule has 3 aromatic heterocycles.